The molecule has 3 aromatic carbocycles. The van der Waals surface area contributed by atoms with Crippen LogP contribution < -0.4 is 10.2 Å². The first-order chi connectivity index (χ1) is 13.7. The number of ether oxygens (including phenoxy) is 1. The van der Waals surface area contributed by atoms with E-state index in [9.17, 15) is 4.39 Å². The van der Waals surface area contributed by atoms with Crippen molar-refractivity contribution in [3.63, 3.8) is 0 Å². The number of methoxy groups -OCH3 is 1. The van der Waals surface area contributed by atoms with Crippen molar-refractivity contribution in [1.29, 1.82) is 0 Å². The molecule has 0 radical (unpaired) electrons. The molecule has 140 valence electrons. The van der Waals surface area contributed by atoms with Crippen LogP contribution in [-0.4, -0.2) is 18.7 Å². The number of rotatable bonds is 4. The van der Waals surface area contributed by atoms with E-state index >= 15 is 0 Å². The van der Waals surface area contributed by atoms with E-state index in [0.717, 1.165) is 40.3 Å². The summed E-state index contributed by atoms with van der Waals surface area (Å²) in [5, 5.41) is 4.65. The Bertz CT molecular complexity index is 1050. The number of aliphatic imine (C=N–C) groups is 1. The number of aryl methyl sites for hydroxylation is 1. The average Bonchev–Trinajstić information content (AvgIpc) is 2.93. The first kappa shape index (κ1) is 17.9. The highest BCUT2D eigenvalue weighted by atomic mass is 19.1. The molecular formula is C23H20FN3O. The van der Waals surface area contributed by atoms with Crippen LogP contribution in [0.5, 0.6) is 5.75 Å². The van der Waals surface area contributed by atoms with Crippen molar-refractivity contribution in [3.8, 4) is 5.75 Å². The molecule has 0 fully saturated rings. The quantitative estimate of drug-likeness (QED) is 0.712. The van der Waals surface area contributed by atoms with Gasteiger partial charge in [-0.15, -0.1) is 0 Å². The molecule has 0 aliphatic carbocycles. The Hall–Kier alpha value is -3.47. The predicted molar refractivity (Wildman–Crippen MR) is 110 cm³/mol. The molecule has 0 atom stereocenters. The fraction of sp³-hybridized carbons (Fsp3) is 0.130. The van der Waals surface area contributed by atoms with Gasteiger partial charge in [0.15, 0.2) is 5.84 Å². The maximum absolute atomic E-state index is 13.3. The van der Waals surface area contributed by atoms with E-state index in [1.807, 2.05) is 30.3 Å². The fourth-order valence-electron chi connectivity index (χ4n) is 3.11. The minimum Gasteiger partial charge on any atom is -0.497 e. The van der Waals surface area contributed by atoms with Gasteiger partial charge in [-0.2, -0.15) is 5.10 Å². The van der Waals surface area contributed by atoms with Crippen LogP contribution in [0.2, 0.25) is 0 Å². The van der Waals surface area contributed by atoms with Crippen molar-refractivity contribution in [2.24, 2.45) is 10.1 Å². The lowest BCUT2D eigenvalue weighted by molar-refractivity contribution is 0.415. The molecule has 5 heteroatoms. The lowest BCUT2D eigenvalue weighted by atomic mass is 9.98. The number of halogens is 1. The molecule has 3 aromatic rings. The summed E-state index contributed by atoms with van der Waals surface area (Å²) in [4.78, 5) is 4.77. The van der Waals surface area contributed by atoms with E-state index in [1.54, 1.807) is 19.2 Å². The Balaban J connectivity index is 1.83. The minimum absolute atomic E-state index is 0.284. The van der Waals surface area contributed by atoms with E-state index in [2.05, 4.69) is 29.6 Å². The first-order valence-corrected chi connectivity index (χ1v) is 9.14. The molecule has 0 saturated carbocycles. The van der Waals surface area contributed by atoms with E-state index in [4.69, 9.17) is 9.73 Å². The second kappa shape index (κ2) is 7.64. The molecule has 0 saturated heterocycles. The first-order valence-electron chi connectivity index (χ1n) is 9.14. The highest BCUT2D eigenvalue weighted by molar-refractivity contribution is 6.18. The van der Waals surface area contributed by atoms with E-state index in [0.29, 0.717) is 5.84 Å². The summed E-state index contributed by atoms with van der Waals surface area (Å²) >= 11 is 0. The lowest BCUT2D eigenvalue weighted by Gasteiger charge is -2.10. The van der Waals surface area contributed by atoms with Crippen molar-refractivity contribution >= 4 is 17.2 Å². The van der Waals surface area contributed by atoms with Gasteiger partial charge in [0.2, 0.25) is 0 Å². The van der Waals surface area contributed by atoms with E-state index < -0.39 is 0 Å². The molecular weight excluding hydrogens is 353 g/mol. The fourth-order valence-corrected chi connectivity index (χ4v) is 3.11. The predicted octanol–water partition coefficient (Wildman–Crippen LogP) is 4.83. The molecule has 1 aliphatic rings. The number of amidine groups is 1. The Morgan fingerprint density at radius 2 is 1.64 bits per heavy atom. The summed E-state index contributed by atoms with van der Waals surface area (Å²) in [5.74, 6) is 1.08. The molecule has 0 amide bonds. The van der Waals surface area contributed by atoms with Crippen molar-refractivity contribution in [2.45, 2.75) is 13.3 Å². The van der Waals surface area contributed by atoms with Gasteiger partial charge < -0.3 is 4.74 Å². The Morgan fingerprint density at radius 3 is 2.32 bits per heavy atom. The summed E-state index contributed by atoms with van der Waals surface area (Å²) in [6.07, 6.45) is 0.922. The van der Waals surface area contributed by atoms with Crippen molar-refractivity contribution in [1.82, 2.24) is 5.43 Å². The summed E-state index contributed by atoms with van der Waals surface area (Å²) in [6, 6.07) is 20.2. The van der Waals surface area contributed by atoms with Crippen LogP contribution in [0.25, 0.3) is 0 Å². The summed E-state index contributed by atoms with van der Waals surface area (Å²) < 4.78 is 18.6. The van der Waals surface area contributed by atoms with Gasteiger partial charge in [-0.3, -0.25) is 5.43 Å². The second-order valence-corrected chi connectivity index (χ2v) is 6.47. The highest BCUT2D eigenvalue weighted by Gasteiger charge is 2.18. The molecule has 1 aliphatic heterocycles. The number of hydrogen-bond acceptors (Lipinski definition) is 4. The van der Waals surface area contributed by atoms with Gasteiger partial charge in [0.1, 0.15) is 11.6 Å². The van der Waals surface area contributed by atoms with Gasteiger partial charge in [-0.05, 0) is 72.6 Å². The maximum atomic E-state index is 13.3. The van der Waals surface area contributed by atoms with Crippen LogP contribution >= 0.6 is 0 Å². The van der Waals surface area contributed by atoms with Crippen LogP contribution in [0.3, 0.4) is 0 Å². The molecule has 4 rings (SSSR count). The Kier molecular flexibility index (Phi) is 4.89. The van der Waals surface area contributed by atoms with Crippen molar-refractivity contribution < 1.29 is 9.13 Å². The standard InChI is InChI=1S/C23H20FN3O/c1-3-15-4-13-21-20(14-15)22(16-7-11-19(28-2)12-8-16)26-27-23(25-21)17-5-9-18(24)10-6-17/h4-14H,3H2,1-2H3,(H,25,27). The number of hydrazone groups is 1. The Labute approximate surface area is 163 Å². The topological polar surface area (TPSA) is 46.0 Å². The van der Waals surface area contributed by atoms with E-state index in [1.165, 1.54) is 17.7 Å². The zero-order valence-corrected chi connectivity index (χ0v) is 15.7. The highest BCUT2D eigenvalue weighted by Crippen LogP contribution is 2.28. The molecule has 0 spiro atoms. The monoisotopic (exact) mass is 373 g/mol. The van der Waals surface area contributed by atoms with Gasteiger partial charge in [0, 0.05) is 16.7 Å². The van der Waals surface area contributed by atoms with Crippen LogP contribution in [0, 0.1) is 5.82 Å². The molecule has 0 bridgehead atoms. The number of fused-ring (bicyclic) bond motifs is 1. The van der Waals surface area contributed by atoms with Crippen molar-refractivity contribution in [3.05, 3.63) is 94.8 Å². The third-order valence-corrected chi connectivity index (χ3v) is 4.71. The molecule has 28 heavy (non-hydrogen) atoms. The van der Waals surface area contributed by atoms with Crippen LogP contribution in [0.4, 0.5) is 10.1 Å². The maximum Gasteiger partial charge on any atom is 0.154 e. The number of hydrogen-bond donors (Lipinski definition) is 1. The number of benzene rings is 3. The normalized spacial score (nSPS) is 13.0. The third kappa shape index (κ3) is 3.51. The van der Waals surface area contributed by atoms with Gasteiger partial charge in [-0.25, -0.2) is 9.38 Å². The molecule has 0 unspecified atom stereocenters. The summed E-state index contributed by atoms with van der Waals surface area (Å²) in [6.45, 7) is 2.12. The average molecular weight is 373 g/mol. The molecule has 4 nitrogen and oxygen atoms in total. The van der Waals surface area contributed by atoms with E-state index in [-0.39, 0.29) is 5.82 Å². The van der Waals surface area contributed by atoms with Crippen LogP contribution in [0.1, 0.15) is 29.2 Å². The van der Waals surface area contributed by atoms with Gasteiger partial charge in [0.05, 0.1) is 18.5 Å². The molecule has 1 heterocycles. The van der Waals surface area contributed by atoms with Gasteiger partial charge in [-0.1, -0.05) is 13.0 Å². The van der Waals surface area contributed by atoms with Gasteiger partial charge >= 0.3 is 0 Å². The van der Waals surface area contributed by atoms with Crippen LogP contribution in [-0.2, 0) is 6.42 Å². The molecule has 1 N–H and O–H groups in total. The summed E-state index contributed by atoms with van der Waals surface area (Å²) in [5.41, 5.74) is 8.57. The van der Waals surface area contributed by atoms with Crippen LogP contribution in [0.15, 0.2) is 76.8 Å². The lowest BCUT2D eigenvalue weighted by Crippen LogP contribution is -2.19. The minimum atomic E-state index is -0.284. The number of nitrogens with one attached hydrogen (secondary N) is 1. The SMILES string of the molecule is CCc1ccc2c(c1)C(c1ccc(OC)cc1)=NNC(c1ccc(F)cc1)=N2. The second-order valence-electron chi connectivity index (χ2n) is 6.47. The van der Waals surface area contributed by atoms with Gasteiger partial charge in [0.25, 0.3) is 0 Å². The zero-order chi connectivity index (χ0) is 19.5. The largest absolute Gasteiger partial charge is 0.497 e. The van der Waals surface area contributed by atoms with Crippen molar-refractivity contribution in [2.75, 3.05) is 7.11 Å². The smallest absolute Gasteiger partial charge is 0.154 e. The summed E-state index contributed by atoms with van der Waals surface area (Å²) in [7, 11) is 1.64. The third-order valence-electron chi connectivity index (χ3n) is 4.71. The zero-order valence-electron chi connectivity index (χ0n) is 15.7. The molecule has 0 aromatic heterocycles. The Morgan fingerprint density at radius 1 is 0.929 bits per heavy atom. The number of nitrogens with zero attached hydrogens (tertiary/aromatic N) is 2.